The van der Waals surface area contributed by atoms with Crippen LogP contribution in [0.5, 0.6) is 5.75 Å². The van der Waals surface area contributed by atoms with Gasteiger partial charge in [-0.05, 0) is 49.6 Å². The van der Waals surface area contributed by atoms with E-state index in [2.05, 4.69) is 40.5 Å². The fourth-order valence-corrected chi connectivity index (χ4v) is 3.93. The van der Waals surface area contributed by atoms with Crippen molar-refractivity contribution < 1.29 is 14.3 Å². The molecule has 3 rings (SSSR count). The van der Waals surface area contributed by atoms with Crippen LogP contribution in [0.15, 0.2) is 48.5 Å². The van der Waals surface area contributed by atoms with Crippen LogP contribution in [0.1, 0.15) is 25.3 Å². The quantitative estimate of drug-likeness (QED) is 0.656. The van der Waals surface area contributed by atoms with E-state index in [0.717, 1.165) is 49.4 Å². The number of carbonyl (C=O) groups is 1. The van der Waals surface area contributed by atoms with Crippen LogP contribution in [0, 0.1) is 5.92 Å². The Kier molecular flexibility index (Phi) is 8.08. The van der Waals surface area contributed by atoms with Crippen LogP contribution in [0.25, 0.3) is 11.1 Å². The van der Waals surface area contributed by atoms with Gasteiger partial charge in [0.15, 0.2) is 0 Å². The zero-order chi connectivity index (χ0) is 20.5. The van der Waals surface area contributed by atoms with Gasteiger partial charge in [0.2, 0.25) is 5.91 Å². The molecule has 0 saturated carbocycles. The van der Waals surface area contributed by atoms with Crippen LogP contribution in [0.2, 0.25) is 0 Å². The molecule has 1 amide bonds. The first-order chi connectivity index (χ1) is 14.2. The highest BCUT2D eigenvalue weighted by Crippen LogP contribution is 2.30. The summed E-state index contributed by atoms with van der Waals surface area (Å²) in [6, 6.07) is 16.7. The summed E-state index contributed by atoms with van der Waals surface area (Å²) in [5.74, 6) is 1.09. The Hall–Kier alpha value is -2.37. The molecule has 0 aliphatic carbocycles. The number of hydrogen-bond acceptors (Lipinski definition) is 4. The Morgan fingerprint density at radius 1 is 1.21 bits per heavy atom. The molecular formula is C24H32N2O3. The summed E-state index contributed by atoms with van der Waals surface area (Å²) in [6.07, 6.45) is 2.01. The summed E-state index contributed by atoms with van der Waals surface area (Å²) >= 11 is 0. The Morgan fingerprint density at radius 3 is 2.90 bits per heavy atom. The van der Waals surface area contributed by atoms with E-state index in [-0.39, 0.29) is 11.8 Å². The van der Waals surface area contributed by atoms with Crippen molar-refractivity contribution in [3.05, 3.63) is 54.1 Å². The van der Waals surface area contributed by atoms with Gasteiger partial charge < -0.3 is 14.8 Å². The van der Waals surface area contributed by atoms with Crippen molar-refractivity contribution in [2.45, 2.75) is 26.3 Å². The summed E-state index contributed by atoms with van der Waals surface area (Å²) in [4.78, 5) is 14.8. The molecule has 1 heterocycles. The van der Waals surface area contributed by atoms with Gasteiger partial charge in [-0.2, -0.15) is 0 Å². The number of rotatable bonds is 9. The Morgan fingerprint density at radius 2 is 2.07 bits per heavy atom. The summed E-state index contributed by atoms with van der Waals surface area (Å²) in [6.45, 7) is 6.50. The maximum atomic E-state index is 12.5. The zero-order valence-corrected chi connectivity index (χ0v) is 17.5. The first kappa shape index (κ1) is 21.3. The maximum Gasteiger partial charge on any atom is 0.224 e. The highest BCUT2D eigenvalue weighted by molar-refractivity contribution is 5.79. The van der Waals surface area contributed by atoms with Crippen LogP contribution in [0.4, 0.5) is 0 Å². The van der Waals surface area contributed by atoms with Gasteiger partial charge in [0.25, 0.3) is 0 Å². The van der Waals surface area contributed by atoms with E-state index in [1.165, 1.54) is 5.56 Å². The third-order valence-electron chi connectivity index (χ3n) is 5.38. The molecule has 1 unspecified atom stereocenters. The van der Waals surface area contributed by atoms with E-state index in [4.69, 9.17) is 9.47 Å². The first-order valence-corrected chi connectivity index (χ1v) is 10.5. The molecule has 1 fully saturated rings. The van der Waals surface area contributed by atoms with E-state index in [1.807, 2.05) is 25.1 Å². The summed E-state index contributed by atoms with van der Waals surface area (Å²) in [5.41, 5.74) is 3.51. The van der Waals surface area contributed by atoms with Gasteiger partial charge in [-0.3, -0.25) is 9.69 Å². The summed E-state index contributed by atoms with van der Waals surface area (Å²) in [7, 11) is 1.70. The molecular weight excluding hydrogens is 364 g/mol. The van der Waals surface area contributed by atoms with Crippen molar-refractivity contribution in [1.29, 1.82) is 0 Å². The molecule has 2 aromatic rings. The molecule has 29 heavy (non-hydrogen) atoms. The van der Waals surface area contributed by atoms with Crippen LogP contribution >= 0.6 is 0 Å². The van der Waals surface area contributed by atoms with Gasteiger partial charge in [0.05, 0.1) is 19.6 Å². The number of amides is 1. The minimum absolute atomic E-state index is 0.0581. The second kappa shape index (κ2) is 11.0. The number of para-hydroxylation sites is 1. The summed E-state index contributed by atoms with van der Waals surface area (Å²) in [5, 5.41) is 3.01. The van der Waals surface area contributed by atoms with E-state index in [0.29, 0.717) is 19.8 Å². The Balaban J connectivity index is 1.60. The van der Waals surface area contributed by atoms with Crippen LogP contribution < -0.4 is 10.1 Å². The molecule has 1 aliphatic heterocycles. The number of likely N-dealkylation sites (tertiary alicyclic amines) is 1. The maximum absolute atomic E-state index is 12.5. The molecule has 0 aromatic heterocycles. The van der Waals surface area contributed by atoms with Crippen molar-refractivity contribution in [1.82, 2.24) is 10.2 Å². The second-order valence-electron chi connectivity index (χ2n) is 7.46. The van der Waals surface area contributed by atoms with Gasteiger partial charge in [-0.25, -0.2) is 0 Å². The number of piperidine rings is 1. The predicted octanol–water partition coefficient (Wildman–Crippen LogP) is 3.73. The summed E-state index contributed by atoms with van der Waals surface area (Å²) < 4.78 is 10.8. The van der Waals surface area contributed by atoms with Crippen LogP contribution in [-0.4, -0.2) is 50.8 Å². The number of nitrogens with one attached hydrogen (secondary N) is 1. The van der Waals surface area contributed by atoms with Crippen molar-refractivity contribution >= 4 is 5.91 Å². The molecule has 2 aromatic carbocycles. The molecule has 0 bridgehead atoms. The lowest BCUT2D eigenvalue weighted by atomic mass is 9.96. The fraction of sp³-hybridized carbons (Fsp3) is 0.458. The first-order valence-electron chi connectivity index (χ1n) is 10.5. The third kappa shape index (κ3) is 6.05. The fourth-order valence-electron chi connectivity index (χ4n) is 3.93. The van der Waals surface area contributed by atoms with E-state index < -0.39 is 0 Å². The lowest BCUT2D eigenvalue weighted by Gasteiger charge is -2.32. The molecule has 1 saturated heterocycles. The molecule has 156 valence electrons. The van der Waals surface area contributed by atoms with Crippen LogP contribution in [-0.2, 0) is 16.1 Å². The number of ether oxygens (including phenoxy) is 2. The zero-order valence-electron chi connectivity index (χ0n) is 17.5. The number of nitrogens with zero attached hydrogens (tertiary/aromatic N) is 1. The lowest BCUT2D eigenvalue weighted by molar-refractivity contribution is -0.127. The molecule has 5 heteroatoms. The van der Waals surface area contributed by atoms with Crippen molar-refractivity contribution in [3.8, 4) is 16.9 Å². The normalized spacial score (nSPS) is 17.1. The van der Waals surface area contributed by atoms with Gasteiger partial charge in [-0.1, -0.05) is 36.4 Å². The van der Waals surface area contributed by atoms with Gasteiger partial charge in [-0.15, -0.1) is 0 Å². The largest absolute Gasteiger partial charge is 0.496 e. The van der Waals surface area contributed by atoms with E-state index in [9.17, 15) is 4.79 Å². The highest BCUT2D eigenvalue weighted by Gasteiger charge is 2.25. The number of carbonyl (C=O) groups excluding carboxylic acids is 1. The molecule has 1 N–H and O–H groups in total. The molecule has 0 radical (unpaired) electrons. The molecule has 5 nitrogen and oxygen atoms in total. The minimum atomic E-state index is 0.0581. The van der Waals surface area contributed by atoms with E-state index in [1.54, 1.807) is 7.11 Å². The van der Waals surface area contributed by atoms with Crippen LogP contribution in [0.3, 0.4) is 0 Å². The number of methoxy groups -OCH3 is 1. The predicted molar refractivity (Wildman–Crippen MR) is 116 cm³/mol. The smallest absolute Gasteiger partial charge is 0.224 e. The molecule has 1 atom stereocenters. The third-order valence-corrected chi connectivity index (χ3v) is 5.38. The average Bonchev–Trinajstić information content (AvgIpc) is 2.77. The van der Waals surface area contributed by atoms with Crippen molar-refractivity contribution in [2.75, 3.05) is 40.0 Å². The Labute approximate surface area is 174 Å². The SMILES string of the molecule is CCOCCNC(=O)C1CCCN(Cc2cccc(-c3ccccc3OC)c2)C1. The monoisotopic (exact) mass is 396 g/mol. The lowest BCUT2D eigenvalue weighted by Crippen LogP contribution is -2.43. The van der Waals surface area contributed by atoms with E-state index >= 15 is 0 Å². The van der Waals surface area contributed by atoms with Gasteiger partial charge >= 0.3 is 0 Å². The van der Waals surface area contributed by atoms with Gasteiger partial charge in [0, 0.05) is 31.8 Å². The minimum Gasteiger partial charge on any atom is -0.496 e. The van der Waals surface area contributed by atoms with Crippen molar-refractivity contribution in [3.63, 3.8) is 0 Å². The highest BCUT2D eigenvalue weighted by atomic mass is 16.5. The Bertz CT molecular complexity index is 793. The topological polar surface area (TPSA) is 50.8 Å². The number of benzene rings is 2. The average molecular weight is 397 g/mol. The van der Waals surface area contributed by atoms with Gasteiger partial charge in [0.1, 0.15) is 5.75 Å². The molecule has 1 aliphatic rings. The van der Waals surface area contributed by atoms with Crippen molar-refractivity contribution in [2.24, 2.45) is 5.92 Å². The number of hydrogen-bond donors (Lipinski definition) is 1. The molecule has 0 spiro atoms. The standard InChI is InChI=1S/C24H32N2O3/c1-3-29-15-13-25-24(27)21-10-7-14-26(18-21)17-19-8-6-9-20(16-19)22-11-4-5-12-23(22)28-2/h4-6,8-9,11-12,16,21H,3,7,10,13-15,17-18H2,1-2H3,(H,25,27). The second-order valence-corrected chi connectivity index (χ2v) is 7.46.